The number of ketones is 1. The van der Waals surface area contributed by atoms with E-state index in [-0.39, 0.29) is 18.0 Å². The van der Waals surface area contributed by atoms with Crippen molar-refractivity contribution >= 4 is 17.4 Å². The van der Waals surface area contributed by atoms with E-state index in [1.54, 1.807) is 37.4 Å². The lowest BCUT2D eigenvalue weighted by Crippen LogP contribution is -2.10. The van der Waals surface area contributed by atoms with Gasteiger partial charge in [-0.25, -0.2) is 4.79 Å². The third-order valence-corrected chi connectivity index (χ3v) is 2.95. The predicted molar refractivity (Wildman–Crippen MR) is 85.9 cm³/mol. The predicted octanol–water partition coefficient (Wildman–Crippen LogP) is 3.67. The standard InChI is InChI=1S/C18H17NO3/c1-2-22-18(21)16-11-7-6-10-15(16)17(20)12-13-19-14-8-4-3-5-9-14/h3-13,19H,2H2,1H3/b13-12-. The van der Waals surface area contributed by atoms with Crippen LogP contribution in [0.3, 0.4) is 0 Å². The molecular formula is C18H17NO3. The summed E-state index contributed by atoms with van der Waals surface area (Å²) in [6.45, 7) is 2.00. The smallest absolute Gasteiger partial charge is 0.338 e. The fourth-order valence-corrected chi connectivity index (χ4v) is 1.92. The highest BCUT2D eigenvalue weighted by atomic mass is 16.5. The summed E-state index contributed by atoms with van der Waals surface area (Å²) >= 11 is 0. The Morgan fingerprint density at radius 1 is 1.00 bits per heavy atom. The van der Waals surface area contributed by atoms with E-state index >= 15 is 0 Å². The normalized spacial score (nSPS) is 10.4. The highest BCUT2D eigenvalue weighted by molar-refractivity contribution is 6.11. The first-order valence-corrected chi connectivity index (χ1v) is 7.01. The molecule has 2 aromatic carbocycles. The van der Waals surface area contributed by atoms with Crippen LogP contribution in [0.15, 0.2) is 66.9 Å². The lowest BCUT2D eigenvalue weighted by atomic mass is 10.0. The van der Waals surface area contributed by atoms with Gasteiger partial charge in [-0.3, -0.25) is 4.79 Å². The molecule has 0 aliphatic heterocycles. The summed E-state index contributed by atoms with van der Waals surface area (Å²) in [7, 11) is 0. The van der Waals surface area contributed by atoms with Crippen molar-refractivity contribution in [1.29, 1.82) is 0 Å². The summed E-state index contributed by atoms with van der Waals surface area (Å²) in [6, 6.07) is 16.1. The minimum atomic E-state index is -0.490. The maximum Gasteiger partial charge on any atom is 0.338 e. The first-order chi connectivity index (χ1) is 10.7. The minimum absolute atomic E-state index is 0.257. The van der Waals surface area contributed by atoms with Crippen molar-refractivity contribution in [3.05, 3.63) is 78.0 Å². The van der Waals surface area contributed by atoms with Gasteiger partial charge in [0.2, 0.25) is 0 Å². The Labute approximate surface area is 129 Å². The summed E-state index contributed by atoms with van der Waals surface area (Å²) in [5, 5.41) is 3.00. The monoisotopic (exact) mass is 295 g/mol. The molecule has 0 atom stereocenters. The molecule has 0 spiro atoms. The third-order valence-electron chi connectivity index (χ3n) is 2.95. The van der Waals surface area contributed by atoms with Gasteiger partial charge in [0.15, 0.2) is 5.78 Å². The molecule has 0 saturated carbocycles. The molecule has 0 aliphatic rings. The average molecular weight is 295 g/mol. The van der Waals surface area contributed by atoms with Gasteiger partial charge in [0.05, 0.1) is 12.2 Å². The van der Waals surface area contributed by atoms with E-state index < -0.39 is 5.97 Å². The van der Waals surface area contributed by atoms with Gasteiger partial charge in [-0.15, -0.1) is 0 Å². The van der Waals surface area contributed by atoms with Crippen LogP contribution in [0.4, 0.5) is 5.69 Å². The van der Waals surface area contributed by atoms with E-state index in [4.69, 9.17) is 4.74 Å². The van der Waals surface area contributed by atoms with Gasteiger partial charge in [-0.05, 0) is 25.1 Å². The van der Waals surface area contributed by atoms with E-state index in [1.807, 2.05) is 30.3 Å². The quantitative estimate of drug-likeness (QED) is 0.502. The summed E-state index contributed by atoms with van der Waals surface area (Å²) in [5.41, 5.74) is 1.48. The number of ether oxygens (including phenoxy) is 1. The number of allylic oxidation sites excluding steroid dienone is 1. The van der Waals surface area contributed by atoms with Crippen molar-refractivity contribution < 1.29 is 14.3 Å². The molecule has 112 valence electrons. The number of hydrogen-bond acceptors (Lipinski definition) is 4. The van der Waals surface area contributed by atoms with Gasteiger partial charge < -0.3 is 10.1 Å². The molecule has 0 amide bonds. The molecule has 2 rings (SSSR count). The van der Waals surface area contributed by atoms with E-state index in [0.717, 1.165) is 5.69 Å². The number of carbonyl (C=O) groups excluding carboxylic acids is 2. The lowest BCUT2D eigenvalue weighted by molar-refractivity contribution is 0.0523. The Kier molecular flexibility index (Phi) is 5.49. The molecule has 0 fully saturated rings. The van der Waals surface area contributed by atoms with Crippen molar-refractivity contribution in [2.45, 2.75) is 6.92 Å². The van der Waals surface area contributed by atoms with Crippen molar-refractivity contribution in [2.24, 2.45) is 0 Å². The molecule has 0 aliphatic carbocycles. The van der Waals surface area contributed by atoms with E-state index in [9.17, 15) is 9.59 Å². The SMILES string of the molecule is CCOC(=O)c1ccccc1C(=O)/C=C\Nc1ccccc1. The first kappa shape index (κ1) is 15.5. The van der Waals surface area contributed by atoms with Gasteiger partial charge >= 0.3 is 5.97 Å². The Hall–Kier alpha value is -2.88. The Morgan fingerprint density at radius 3 is 2.32 bits per heavy atom. The van der Waals surface area contributed by atoms with Gasteiger partial charge in [0.1, 0.15) is 0 Å². The van der Waals surface area contributed by atoms with Crippen molar-refractivity contribution in [1.82, 2.24) is 0 Å². The highest BCUT2D eigenvalue weighted by Gasteiger charge is 2.15. The third kappa shape index (κ3) is 4.06. The zero-order chi connectivity index (χ0) is 15.8. The van der Waals surface area contributed by atoms with Crippen molar-refractivity contribution in [3.63, 3.8) is 0 Å². The van der Waals surface area contributed by atoms with Crippen LogP contribution >= 0.6 is 0 Å². The maximum absolute atomic E-state index is 12.2. The largest absolute Gasteiger partial charge is 0.462 e. The molecule has 0 radical (unpaired) electrons. The fraction of sp³-hybridized carbons (Fsp3) is 0.111. The van der Waals surface area contributed by atoms with Crippen molar-refractivity contribution in [2.75, 3.05) is 11.9 Å². The van der Waals surface area contributed by atoms with Gasteiger partial charge in [0, 0.05) is 23.5 Å². The number of nitrogens with one attached hydrogen (secondary N) is 1. The van der Waals surface area contributed by atoms with Crippen LogP contribution in [0.25, 0.3) is 0 Å². The molecule has 2 aromatic rings. The zero-order valence-electron chi connectivity index (χ0n) is 12.3. The van der Waals surface area contributed by atoms with Gasteiger partial charge in [0.25, 0.3) is 0 Å². The van der Waals surface area contributed by atoms with E-state index in [1.165, 1.54) is 6.08 Å². The van der Waals surface area contributed by atoms with Crippen LogP contribution in [0.1, 0.15) is 27.6 Å². The summed E-state index contributed by atoms with van der Waals surface area (Å²) < 4.78 is 4.96. The van der Waals surface area contributed by atoms with Crippen LogP contribution in [0.5, 0.6) is 0 Å². The Balaban J connectivity index is 2.11. The molecule has 1 N–H and O–H groups in total. The molecule has 0 unspecified atom stereocenters. The Bertz CT molecular complexity index is 678. The molecule has 0 bridgehead atoms. The van der Waals surface area contributed by atoms with Crippen molar-refractivity contribution in [3.8, 4) is 0 Å². The molecule has 0 heterocycles. The molecule has 22 heavy (non-hydrogen) atoms. The summed E-state index contributed by atoms with van der Waals surface area (Å²) in [4.78, 5) is 24.1. The topological polar surface area (TPSA) is 55.4 Å². The molecule has 4 heteroatoms. The molecule has 0 saturated heterocycles. The number of rotatable bonds is 6. The molecule has 0 aromatic heterocycles. The zero-order valence-corrected chi connectivity index (χ0v) is 12.3. The highest BCUT2D eigenvalue weighted by Crippen LogP contribution is 2.12. The van der Waals surface area contributed by atoms with E-state index in [0.29, 0.717) is 5.56 Å². The van der Waals surface area contributed by atoms with E-state index in [2.05, 4.69) is 5.32 Å². The second-order valence-corrected chi connectivity index (χ2v) is 4.47. The van der Waals surface area contributed by atoms with Crippen LogP contribution < -0.4 is 5.32 Å². The van der Waals surface area contributed by atoms with Crippen LogP contribution in [0, 0.1) is 0 Å². The summed E-state index contributed by atoms with van der Waals surface area (Å²) in [5.74, 6) is -0.747. The lowest BCUT2D eigenvalue weighted by Gasteiger charge is -2.06. The fourth-order valence-electron chi connectivity index (χ4n) is 1.92. The number of esters is 1. The second-order valence-electron chi connectivity index (χ2n) is 4.47. The minimum Gasteiger partial charge on any atom is -0.462 e. The molecule has 4 nitrogen and oxygen atoms in total. The number of anilines is 1. The second kappa shape index (κ2) is 7.78. The van der Waals surface area contributed by atoms with Gasteiger partial charge in [-0.1, -0.05) is 36.4 Å². The van der Waals surface area contributed by atoms with Crippen LogP contribution in [0.2, 0.25) is 0 Å². The first-order valence-electron chi connectivity index (χ1n) is 7.01. The van der Waals surface area contributed by atoms with Crippen LogP contribution in [-0.2, 0) is 4.74 Å². The average Bonchev–Trinajstić information content (AvgIpc) is 2.56. The number of para-hydroxylation sites is 1. The number of hydrogen-bond donors (Lipinski definition) is 1. The van der Waals surface area contributed by atoms with Crippen LogP contribution in [-0.4, -0.2) is 18.4 Å². The number of benzene rings is 2. The Morgan fingerprint density at radius 2 is 1.64 bits per heavy atom. The molecular weight excluding hydrogens is 278 g/mol. The van der Waals surface area contributed by atoms with Gasteiger partial charge in [-0.2, -0.15) is 0 Å². The number of carbonyl (C=O) groups is 2. The summed E-state index contributed by atoms with van der Waals surface area (Å²) in [6.07, 6.45) is 2.95. The maximum atomic E-state index is 12.2.